The summed E-state index contributed by atoms with van der Waals surface area (Å²) in [6.45, 7) is 0.591. The van der Waals surface area contributed by atoms with Crippen LogP contribution in [0.3, 0.4) is 0 Å². The highest BCUT2D eigenvalue weighted by atomic mass is 19.1. The number of methoxy groups -OCH3 is 1. The van der Waals surface area contributed by atoms with Crippen molar-refractivity contribution in [3.63, 3.8) is 0 Å². The number of carbonyl (C=O) groups is 1. The van der Waals surface area contributed by atoms with Crippen molar-refractivity contribution in [2.45, 2.75) is 63.6 Å². The van der Waals surface area contributed by atoms with Crippen LogP contribution in [0.1, 0.15) is 51.0 Å². The fourth-order valence-corrected chi connectivity index (χ4v) is 5.39. The molecule has 1 aromatic carbocycles. The van der Waals surface area contributed by atoms with Gasteiger partial charge in [0.05, 0.1) is 24.7 Å². The summed E-state index contributed by atoms with van der Waals surface area (Å²) in [5.41, 5.74) is 1.77. The number of fused-ring (bicyclic) bond motifs is 1. The second-order valence-corrected chi connectivity index (χ2v) is 9.00. The van der Waals surface area contributed by atoms with Crippen molar-refractivity contribution in [3.8, 4) is 5.97 Å². The lowest BCUT2D eigenvalue weighted by molar-refractivity contribution is -0.140. The van der Waals surface area contributed by atoms with Crippen molar-refractivity contribution in [2.75, 3.05) is 19.0 Å². The van der Waals surface area contributed by atoms with Crippen molar-refractivity contribution in [2.24, 2.45) is 5.41 Å². The Morgan fingerprint density at radius 3 is 2.73 bits per heavy atom. The summed E-state index contributed by atoms with van der Waals surface area (Å²) in [6, 6.07) is 5.88. The van der Waals surface area contributed by atoms with Crippen LogP contribution in [0, 0.1) is 22.5 Å². The van der Waals surface area contributed by atoms with Gasteiger partial charge >= 0.3 is 5.97 Å². The van der Waals surface area contributed by atoms with E-state index in [2.05, 4.69) is 26.8 Å². The fraction of sp³-hybridized carbons (Fsp3) is 0.565. The van der Waals surface area contributed by atoms with Crippen molar-refractivity contribution in [1.82, 2.24) is 4.57 Å². The lowest BCUT2D eigenvalue weighted by Crippen LogP contribution is -2.34. The van der Waals surface area contributed by atoms with Crippen LogP contribution in [0.4, 0.5) is 10.1 Å². The molecule has 1 N–H and O–H groups in total. The number of halogens is 1. The van der Waals surface area contributed by atoms with Crippen molar-refractivity contribution < 1.29 is 13.9 Å². The molecule has 1 aromatic heterocycles. The number of nitrogens with zero attached hydrogens (tertiary/aromatic N) is 2. The van der Waals surface area contributed by atoms with Gasteiger partial charge in [-0.1, -0.05) is 25.5 Å². The van der Waals surface area contributed by atoms with E-state index in [0.717, 1.165) is 36.4 Å². The molecule has 0 amide bonds. The van der Waals surface area contributed by atoms with Crippen LogP contribution in [0.5, 0.6) is 0 Å². The van der Waals surface area contributed by atoms with E-state index in [-0.39, 0.29) is 24.9 Å². The second-order valence-electron chi connectivity index (χ2n) is 9.00. The summed E-state index contributed by atoms with van der Waals surface area (Å²) >= 11 is 0. The van der Waals surface area contributed by atoms with Crippen LogP contribution < -0.4 is 5.32 Å². The summed E-state index contributed by atoms with van der Waals surface area (Å²) in [7, 11) is 1.35. The molecule has 158 valence electrons. The van der Waals surface area contributed by atoms with Crippen LogP contribution in [0.15, 0.2) is 24.4 Å². The first-order valence-electron chi connectivity index (χ1n) is 11.0. The Kier molecular flexibility index (Phi) is 6.03. The number of esters is 1. The van der Waals surface area contributed by atoms with Crippen LogP contribution in [-0.2, 0) is 9.53 Å². The zero-order valence-electron chi connectivity index (χ0n) is 17.6. The van der Waals surface area contributed by atoms with Crippen molar-refractivity contribution >= 4 is 29.3 Å². The number of anilines is 1. The highest BCUT2D eigenvalue weighted by molar-refractivity contribution is 6.67. The van der Waals surface area contributed by atoms with E-state index in [1.807, 2.05) is 12.1 Å². The van der Waals surface area contributed by atoms with Gasteiger partial charge in [0.25, 0.3) is 6.71 Å². The number of benzene rings is 1. The average Bonchev–Trinajstić information content (AvgIpc) is 3.17. The van der Waals surface area contributed by atoms with E-state index in [1.165, 1.54) is 32.8 Å². The van der Waals surface area contributed by atoms with Gasteiger partial charge < -0.3 is 14.6 Å². The third-order valence-corrected chi connectivity index (χ3v) is 7.32. The molecule has 0 atom stereocenters. The largest absolute Gasteiger partial charge is 0.469 e. The molecule has 30 heavy (non-hydrogen) atoms. The van der Waals surface area contributed by atoms with E-state index in [9.17, 15) is 9.18 Å². The van der Waals surface area contributed by atoms with Crippen LogP contribution >= 0.6 is 0 Å². The van der Waals surface area contributed by atoms with E-state index in [1.54, 1.807) is 6.07 Å². The molecule has 0 unspecified atom stereocenters. The predicted octanol–water partition coefficient (Wildman–Crippen LogP) is 5.21. The summed E-state index contributed by atoms with van der Waals surface area (Å²) < 4.78 is 21.6. The highest BCUT2D eigenvalue weighted by Gasteiger charge is 2.40. The number of rotatable bonds is 5. The Hall–Kier alpha value is -2.49. The van der Waals surface area contributed by atoms with Crippen molar-refractivity contribution in [1.29, 1.82) is 5.26 Å². The highest BCUT2D eigenvalue weighted by Crippen LogP contribution is 2.50. The molecule has 2 heterocycles. The minimum atomic E-state index is -0.314. The number of hydrogen-bond acceptors (Lipinski definition) is 4. The number of hydrogen-bond donors (Lipinski definition) is 1. The van der Waals surface area contributed by atoms with Crippen molar-refractivity contribution in [3.05, 3.63) is 30.2 Å². The number of nitriles is 1. The molecule has 1 aliphatic heterocycles. The van der Waals surface area contributed by atoms with E-state index >= 15 is 0 Å². The van der Waals surface area contributed by atoms with Gasteiger partial charge in [0, 0.05) is 36.2 Å². The van der Waals surface area contributed by atoms with Crippen LogP contribution in [0.25, 0.3) is 10.9 Å². The monoisotopic (exact) mass is 409 g/mol. The van der Waals surface area contributed by atoms with Gasteiger partial charge in [-0.2, -0.15) is 0 Å². The lowest BCUT2D eigenvalue weighted by Gasteiger charge is -2.44. The third kappa shape index (κ3) is 4.19. The number of nitrogens with one attached hydrogen (secondary N) is 1. The standard InChI is InChI=1S/C23H29BFN3O2/c1-30-22(29)4-12-27-20-14-17-5-13-28(21(17)15-19(20)25)18-2-6-23(7-3-18)8-10-24(16-26)11-9-23/h5,13-15,18,27H,2-4,6-12H2,1H3. The molecule has 1 saturated heterocycles. The van der Waals surface area contributed by atoms with Crippen LogP contribution in [-0.4, -0.2) is 30.9 Å². The molecular formula is C23H29BFN3O2. The summed E-state index contributed by atoms with van der Waals surface area (Å²) in [6.07, 6.45) is 11.4. The molecule has 0 bridgehead atoms. The topological polar surface area (TPSA) is 67.0 Å². The number of carbonyl (C=O) groups excluding carboxylic acids is 1. The van der Waals surface area contributed by atoms with Gasteiger partial charge in [-0.25, -0.2) is 9.65 Å². The molecule has 2 aromatic rings. The minimum absolute atomic E-state index is 0.202. The second kappa shape index (κ2) is 8.71. The molecule has 2 fully saturated rings. The smallest absolute Gasteiger partial charge is 0.307 e. The molecular weight excluding hydrogens is 380 g/mol. The normalized spacial score (nSPS) is 19.0. The Bertz CT molecular complexity index is 949. The van der Waals surface area contributed by atoms with E-state index in [4.69, 9.17) is 5.26 Å². The minimum Gasteiger partial charge on any atom is -0.469 e. The predicted molar refractivity (Wildman–Crippen MR) is 117 cm³/mol. The first kappa shape index (κ1) is 20.8. The molecule has 4 rings (SSSR count). The SMILES string of the molecule is COC(=O)CCNc1cc2ccn(C3CCC4(CCB(C#N)CC4)CC3)c2cc1F. The summed E-state index contributed by atoms with van der Waals surface area (Å²) in [4.78, 5) is 11.2. The summed E-state index contributed by atoms with van der Waals surface area (Å²) in [5, 5.41) is 13.2. The third-order valence-electron chi connectivity index (χ3n) is 7.32. The molecule has 1 saturated carbocycles. The van der Waals surface area contributed by atoms with Gasteiger partial charge in [-0.3, -0.25) is 4.79 Å². The first-order chi connectivity index (χ1) is 14.5. The van der Waals surface area contributed by atoms with E-state index in [0.29, 0.717) is 23.7 Å². The lowest BCUT2D eigenvalue weighted by atomic mass is 9.38. The number of ether oxygens (including phenoxy) is 1. The average molecular weight is 409 g/mol. The molecule has 7 heteroatoms. The van der Waals surface area contributed by atoms with Crippen LogP contribution in [0.2, 0.25) is 12.6 Å². The Labute approximate surface area is 177 Å². The Balaban J connectivity index is 1.42. The van der Waals surface area contributed by atoms with Gasteiger partial charge in [0.1, 0.15) is 5.82 Å². The zero-order valence-corrected chi connectivity index (χ0v) is 17.6. The molecule has 2 aliphatic rings. The zero-order chi connectivity index (χ0) is 21.1. The first-order valence-corrected chi connectivity index (χ1v) is 11.0. The van der Waals surface area contributed by atoms with Gasteiger partial charge in [-0.05, 0) is 43.2 Å². The maximum absolute atomic E-state index is 14.7. The molecule has 0 radical (unpaired) electrons. The quantitative estimate of drug-likeness (QED) is 0.544. The molecule has 1 spiro atoms. The Morgan fingerprint density at radius 1 is 1.33 bits per heavy atom. The maximum Gasteiger partial charge on any atom is 0.307 e. The number of aromatic nitrogens is 1. The molecule has 1 aliphatic carbocycles. The molecule has 5 nitrogen and oxygen atoms in total. The summed E-state index contributed by atoms with van der Waals surface area (Å²) in [5.74, 6) is 1.83. The van der Waals surface area contributed by atoms with Gasteiger partial charge in [0.15, 0.2) is 0 Å². The van der Waals surface area contributed by atoms with Gasteiger partial charge in [-0.15, -0.1) is 0 Å². The van der Waals surface area contributed by atoms with E-state index < -0.39 is 0 Å². The fourth-order valence-electron chi connectivity index (χ4n) is 5.39. The Morgan fingerprint density at radius 2 is 2.07 bits per heavy atom. The maximum atomic E-state index is 14.7. The van der Waals surface area contributed by atoms with Gasteiger partial charge in [0.2, 0.25) is 0 Å².